The zero-order chi connectivity index (χ0) is 18.8. The van der Waals surface area contributed by atoms with Crippen LogP contribution in [0.25, 0.3) is 0 Å². The van der Waals surface area contributed by atoms with Gasteiger partial charge in [-0.1, -0.05) is 6.07 Å². The van der Waals surface area contributed by atoms with Crippen molar-refractivity contribution in [3.63, 3.8) is 0 Å². The molecule has 0 bridgehead atoms. The number of methoxy groups -OCH3 is 1. The third kappa shape index (κ3) is 7.36. The van der Waals surface area contributed by atoms with Gasteiger partial charge in [0.2, 0.25) is 5.91 Å². The number of nitrogens with one attached hydrogen (secondary N) is 1. The van der Waals surface area contributed by atoms with E-state index in [1.54, 1.807) is 19.2 Å². The van der Waals surface area contributed by atoms with E-state index in [0.717, 1.165) is 19.3 Å². The minimum absolute atomic E-state index is 0. The van der Waals surface area contributed by atoms with Crippen LogP contribution >= 0.6 is 12.4 Å². The SMILES string of the molecule is COCCOc1cccc(C(=O)N2CCCCC2CNC(=O)CCN)c1.Cl. The Morgan fingerprint density at radius 2 is 2.11 bits per heavy atom. The van der Waals surface area contributed by atoms with Gasteiger partial charge in [-0.15, -0.1) is 12.4 Å². The van der Waals surface area contributed by atoms with E-state index < -0.39 is 0 Å². The molecule has 1 unspecified atom stereocenters. The van der Waals surface area contributed by atoms with E-state index in [1.165, 1.54) is 0 Å². The van der Waals surface area contributed by atoms with Crippen molar-refractivity contribution < 1.29 is 19.1 Å². The van der Waals surface area contributed by atoms with Gasteiger partial charge < -0.3 is 25.4 Å². The largest absolute Gasteiger partial charge is 0.491 e. The number of likely N-dealkylation sites (tertiary alicyclic amines) is 1. The second-order valence-electron chi connectivity index (χ2n) is 6.36. The Bertz CT molecular complexity index is 600. The zero-order valence-electron chi connectivity index (χ0n) is 15.8. The molecule has 0 saturated carbocycles. The minimum atomic E-state index is -0.0704. The maximum absolute atomic E-state index is 13.0. The highest BCUT2D eigenvalue weighted by molar-refractivity contribution is 5.95. The van der Waals surface area contributed by atoms with Gasteiger partial charge in [0.15, 0.2) is 0 Å². The van der Waals surface area contributed by atoms with E-state index in [-0.39, 0.29) is 30.3 Å². The second-order valence-corrected chi connectivity index (χ2v) is 6.36. The van der Waals surface area contributed by atoms with Crippen LogP contribution in [0.1, 0.15) is 36.0 Å². The van der Waals surface area contributed by atoms with Crippen LogP contribution in [-0.2, 0) is 9.53 Å². The predicted octanol–water partition coefficient (Wildman–Crippen LogP) is 1.59. The Morgan fingerprint density at radius 1 is 1.30 bits per heavy atom. The summed E-state index contributed by atoms with van der Waals surface area (Å²) in [5.74, 6) is 0.552. The standard InChI is InChI=1S/C19H29N3O4.ClH/c1-25-11-12-26-17-7-4-5-15(13-17)19(24)22-10-3-2-6-16(22)14-21-18(23)8-9-20;/h4-5,7,13,16H,2-3,6,8-12,14,20H2,1H3,(H,21,23);1H. The quantitative estimate of drug-likeness (QED) is 0.615. The third-order valence-corrected chi connectivity index (χ3v) is 4.43. The minimum Gasteiger partial charge on any atom is -0.491 e. The number of ether oxygens (including phenoxy) is 2. The number of halogens is 1. The molecule has 1 aromatic rings. The summed E-state index contributed by atoms with van der Waals surface area (Å²) in [6.45, 7) is 2.43. The van der Waals surface area contributed by atoms with E-state index in [4.69, 9.17) is 15.2 Å². The first-order valence-electron chi connectivity index (χ1n) is 9.15. The van der Waals surface area contributed by atoms with Crippen molar-refractivity contribution in [2.45, 2.75) is 31.7 Å². The highest BCUT2D eigenvalue weighted by atomic mass is 35.5. The molecule has 152 valence electrons. The van der Waals surface area contributed by atoms with Crippen molar-refractivity contribution >= 4 is 24.2 Å². The molecule has 27 heavy (non-hydrogen) atoms. The van der Waals surface area contributed by atoms with Gasteiger partial charge >= 0.3 is 0 Å². The maximum atomic E-state index is 13.0. The molecule has 0 aromatic heterocycles. The predicted molar refractivity (Wildman–Crippen MR) is 106 cm³/mol. The number of carbonyl (C=O) groups excluding carboxylic acids is 2. The molecule has 1 heterocycles. The summed E-state index contributed by atoms with van der Waals surface area (Å²) in [4.78, 5) is 26.5. The summed E-state index contributed by atoms with van der Waals surface area (Å²) in [6.07, 6.45) is 3.23. The molecular formula is C19H30ClN3O4. The molecule has 1 aromatic carbocycles. The van der Waals surface area contributed by atoms with Crippen LogP contribution in [0.4, 0.5) is 0 Å². The van der Waals surface area contributed by atoms with Crippen LogP contribution < -0.4 is 15.8 Å². The molecular weight excluding hydrogens is 370 g/mol. The lowest BCUT2D eigenvalue weighted by Gasteiger charge is -2.36. The smallest absolute Gasteiger partial charge is 0.254 e. The first-order chi connectivity index (χ1) is 12.7. The van der Waals surface area contributed by atoms with Crippen molar-refractivity contribution in [2.24, 2.45) is 5.73 Å². The highest BCUT2D eigenvalue weighted by Crippen LogP contribution is 2.21. The Balaban J connectivity index is 0.00000364. The fourth-order valence-electron chi connectivity index (χ4n) is 3.06. The van der Waals surface area contributed by atoms with Gasteiger partial charge in [0.1, 0.15) is 12.4 Å². The van der Waals surface area contributed by atoms with Crippen LogP contribution in [0.3, 0.4) is 0 Å². The summed E-state index contributed by atoms with van der Waals surface area (Å²) < 4.78 is 10.6. The second kappa shape index (κ2) is 12.5. The Labute approximate surface area is 167 Å². The van der Waals surface area contributed by atoms with Crippen molar-refractivity contribution in [1.82, 2.24) is 10.2 Å². The molecule has 0 spiro atoms. The summed E-state index contributed by atoms with van der Waals surface area (Å²) in [6, 6.07) is 7.21. The summed E-state index contributed by atoms with van der Waals surface area (Å²) >= 11 is 0. The molecule has 8 heteroatoms. The molecule has 2 amide bonds. The number of carbonyl (C=O) groups is 2. The molecule has 1 aliphatic rings. The zero-order valence-corrected chi connectivity index (χ0v) is 16.6. The van der Waals surface area contributed by atoms with E-state index in [1.807, 2.05) is 17.0 Å². The Kier molecular flexibility index (Phi) is 10.8. The number of hydrogen-bond acceptors (Lipinski definition) is 5. The fourth-order valence-corrected chi connectivity index (χ4v) is 3.06. The lowest BCUT2D eigenvalue weighted by atomic mass is 10.0. The number of piperidine rings is 1. The van der Waals surface area contributed by atoms with E-state index in [9.17, 15) is 9.59 Å². The number of rotatable bonds is 9. The van der Waals surface area contributed by atoms with Crippen LogP contribution in [0.5, 0.6) is 5.75 Å². The van der Waals surface area contributed by atoms with Crippen LogP contribution in [0.2, 0.25) is 0 Å². The number of nitrogens with zero attached hydrogens (tertiary/aromatic N) is 1. The van der Waals surface area contributed by atoms with Gasteiger partial charge in [-0.25, -0.2) is 0 Å². The third-order valence-electron chi connectivity index (χ3n) is 4.43. The van der Waals surface area contributed by atoms with Crippen LogP contribution in [0.15, 0.2) is 24.3 Å². The lowest BCUT2D eigenvalue weighted by Crippen LogP contribution is -2.49. The van der Waals surface area contributed by atoms with Gasteiger partial charge in [-0.05, 0) is 37.5 Å². The number of nitrogens with two attached hydrogens (primary N) is 1. The molecule has 0 radical (unpaired) electrons. The molecule has 1 saturated heterocycles. The molecule has 3 N–H and O–H groups in total. The van der Waals surface area contributed by atoms with Gasteiger partial charge in [0.25, 0.3) is 5.91 Å². The van der Waals surface area contributed by atoms with Crippen molar-refractivity contribution in [3.8, 4) is 5.75 Å². The van der Waals surface area contributed by atoms with Crippen molar-refractivity contribution in [2.75, 3.05) is 40.0 Å². The highest BCUT2D eigenvalue weighted by Gasteiger charge is 2.27. The first-order valence-corrected chi connectivity index (χ1v) is 9.15. The van der Waals surface area contributed by atoms with Crippen LogP contribution in [0, 0.1) is 0 Å². The monoisotopic (exact) mass is 399 g/mol. The number of amides is 2. The number of hydrogen-bond donors (Lipinski definition) is 2. The van der Waals surface area contributed by atoms with Gasteiger partial charge in [-0.2, -0.15) is 0 Å². The van der Waals surface area contributed by atoms with Gasteiger partial charge in [0, 0.05) is 44.8 Å². The Hall–Kier alpha value is -1.83. The van der Waals surface area contributed by atoms with E-state index in [2.05, 4.69) is 5.32 Å². The summed E-state index contributed by atoms with van der Waals surface area (Å²) in [5.41, 5.74) is 6.00. The molecule has 0 aliphatic carbocycles. The van der Waals surface area contributed by atoms with E-state index >= 15 is 0 Å². The first kappa shape index (κ1) is 23.2. The maximum Gasteiger partial charge on any atom is 0.254 e. The Morgan fingerprint density at radius 3 is 2.85 bits per heavy atom. The molecule has 2 rings (SSSR count). The summed E-state index contributed by atoms with van der Waals surface area (Å²) in [5, 5.41) is 2.88. The van der Waals surface area contributed by atoms with Gasteiger partial charge in [-0.3, -0.25) is 9.59 Å². The summed E-state index contributed by atoms with van der Waals surface area (Å²) in [7, 11) is 1.62. The van der Waals surface area contributed by atoms with Gasteiger partial charge in [0.05, 0.1) is 6.61 Å². The van der Waals surface area contributed by atoms with Crippen molar-refractivity contribution in [3.05, 3.63) is 29.8 Å². The van der Waals surface area contributed by atoms with Crippen molar-refractivity contribution in [1.29, 1.82) is 0 Å². The molecule has 1 fully saturated rings. The average molecular weight is 400 g/mol. The van der Waals surface area contributed by atoms with E-state index in [0.29, 0.717) is 50.6 Å². The average Bonchev–Trinajstić information content (AvgIpc) is 2.67. The van der Waals surface area contributed by atoms with Crippen LogP contribution in [-0.4, -0.2) is 62.7 Å². The molecule has 1 atom stereocenters. The fraction of sp³-hybridized carbons (Fsp3) is 0.579. The molecule has 1 aliphatic heterocycles. The molecule has 7 nitrogen and oxygen atoms in total. The number of benzene rings is 1. The topological polar surface area (TPSA) is 93.9 Å². The lowest BCUT2D eigenvalue weighted by molar-refractivity contribution is -0.121. The normalized spacial score (nSPS) is 16.4.